The lowest BCUT2D eigenvalue weighted by atomic mass is 10.1. The lowest BCUT2D eigenvalue weighted by molar-refractivity contribution is -0.122. The summed E-state index contributed by atoms with van der Waals surface area (Å²) in [5.41, 5.74) is 7.57. The second kappa shape index (κ2) is 9.98. The van der Waals surface area contributed by atoms with Gasteiger partial charge in [0, 0.05) is 25.2 Å². The van der Waals surface area contributed by atoms with Gasteiger partial charge in [0.1, 0.15) is 11.9 Å². The van der Waals surface area contributed by atoms with Crippen molar-refractivity contribution in [2.75, 3.05) is 30.8 Å². The summed E-state index contributed by atoms with van der Waals surface area (Å²) < 4.78 is 5.40. The monoisotopic (exact) mass is 424 g/mol. The molecular formula is C21H28N8O2. The van der Waals surface area contributed by atoms with E-state index >= 15 is 0 Å². The minimum atomic E-state index is -0.370. The van der Waals surface area contributed by atoms with Crippen LogP contribution in [0.2, 0.25) is 0 Å². The van der Waals surface area contributed by atoms with Crippen LogP contribution < -0.4 is 21.3 Å². The van der Waals surface area contributed by atoms with Crippen LogP contribution in [0.4, 0.5) is 11.6 Å². The quantitative estimate of drug-likeness (QED) is 0.331. The molecule has 1 fully saturated rings. The third-order valence-corrected chi connectivity index (χ3v) is 5.01. The minimum absolute atomic E-state index is 0.0275. The highest BCUT2D eigenvalue weighted by molar-refractivity contribution is 6.05. The molecule has 31 heavy (non-hydrogen) atoms. The number of carbonyl (C=O) groups is 1. The van der Waals surface area contributed by atoms with Crippen LogP contribution >= 0.6 is 0 Å². The SMILES string of the molecule is CCNC(=O)[C@@H]1CCCN1c1cnc(N)c(C(=N)OC(=N)c2ccc(CNC)cc2)n1. The minimum Gasteiger partial charge on any atom is -0.419 e. The number of hydrogen-bond acceptors (Lipinski definition) is 9. The zero-order valence-electron chi connectivity index (χ0n) is 17.7. The highest BCUT2D eigenvalue weighted by atomic mass is 16.5. The number of nitrogens with one attached hydrogen (secondary N) is 4. The Morgan fingerprint density at radius 2 is 2.03 bits per heavy atom. The number of rotatable bonds is 7. The van der Waals surface area contributed by atoms with Gasteiger partial charge in [-0.3, -0.25) is 15.6 Å². The van der Waals surface area contributed by atoms with Crippen molar-refractivity contribution < 1.29 is 9.53 Å². The Kier molecular flexibility index (Phi) is 7.14. The molecule has 0 spiro atoms. The van der Waals surface area contributed by atoms with Crippen molar-refractivity contribution in [2.24, 2.45) is 0 Å². The summed E-state index contributed by atoms with van der Waals surface area (Å²) in [7, 11) is 1.86. The zero-order chi connectivity index (χ0) is 22.4. The van der Waals surface area contributed by atoms with Crippen LogP contribution in [0.5, 0.6) is 0 Å². The molecule has 1 aromatic carbocycles. The molecule has 164 valence electrons. The number of benzene rings is 1. The number of carbonyl (C=O) groups excluding carboxylic acids is 1. The number of likely N-dealkylation sites (N-methyl/N-ethyl adjacent to an activating group) is 1. The predicted octanol–water partition coefficient (Wildman–Crippen LogP) is 1.25. The highest BCUT2D eigenvalue weighted by Gasteiger charge is 2.32. The second-order valence-electron chi connectivity index (χ2n) is 7.20. The van der Waals surface area contributed by atoms with E-state index in [2.05, 4.69) is 20.6 Å². The van der Waals surface area contributed by atoms with E-state index in [9.17, 15) is 4.79 Å². The molecule has 10 nitrogen and oxygen atoms in total. The molecule has 1 aromatic heterocycles. The number of amides is 1. The molecule has 1 amide bonds. The van der Waals surface area contributed by atoms with Crippen LogP contribution in [-0.2, 0) is 16.1 Å². The molecule has 0 aliphatic carbocycles. The smallest absolute Gasteiger partial charge is 0.243 e. The summed E-state index contributed by atoms with van der Waals surface area (Å²) in [6, 6.07) is 6.95. The summed E-state index contributed by atoms with van der Waals surface area (Å²) in [5, 5.41) is 22.3. The molecule has 2 aromatic rings. The van der Waals surface area contributed by atoms with E-state index in [4.69, 9.17) is 21.3 Å². The average molecular weight is 425 g/mol. The molecule has 1 aliphatic heterocycles. The molecule has 1 atom stereocenters. The maximum Gasteiger partial charge on any atom is 0.243 e. The fourth-order valence-electron chi connectivity index (χ4n) is 3.49. The molecule has 0 bridgehead atoms. The van der Waals surface area contributed by atoms with E-state index in [1.807, 2.05) is 31.0 Å². The number of hydrogen-bond donors (Lipinski definition) is 5. The van der Waals surface area contributed by atoms with Crippen LogP contribution in [0.3, 0.4) is 0 Å². The van der Waals surface area contributed by atoms with Crippen molar-refractivity contribution in [3.63, 3.8) is 0 Å². The molecular weight excluding hydrogens is 396 g/mol. The largest absolute Gasteiger partial charge is 0.419 e. The zero-order valence-corrected chi connectivity index (χ0v) is 17.7. The lowest BCUT2D eigenvalue weighted by Gasteiger charge is -2.25. The molecule has 1 saturated heterocycles. The Morgan fingerprint density at radius 3 is 2.71 bits per heavy atom. The van der Waals surface area contributed by atoms with Crippen LogP contribution in [0.15, 0.2) is 30.5 Å². The van der Waals surface area contributed by atoms with Gasteiger partial charge in [0.25, 0.3) is 0 Å². The van der Waals surface area contributed by atoms with Crippen LogP contribution in [-0.4, -0.2) is 53.8 Å². The predicted molar refractivity (Wildman–Crippen MR) is 119 cm³/mol. The van der Waals surface area contributed by atoms with Gasteiger partial charge in [-0.2, -0.15) is 0 Å². The Balaban J connectivity index is 1.75. The first kappa shape index (κ1) is 22.2. The number of nitrogen functional groups attached to an aromatic ring is 1. The van der Waals surface area contributed by atoms with Crippen molar-refractivity contribution in [1.29, 1.82) is 10.8 Å². The van der Waals surface area contributed by atoms with Gasteiger partial charge in [-0.1, -0.05) is 12.1 Å². The van der Waals surface area contributed by atoms with Gasteiger partial charge < -0.3 is 26.0 Å². The molecule has 6 N–H and O–H groups in total. The third-order valence-electron chi connectivity index (χ3n) is 5.01. The summed E-state index contributed by atoms with van der Waals surface area (Å²) in [6.07, 6.45) is 3.07. The number of ether oxygens (including phenoxy) is 1. The van der Waals surface area contributed by atoms with Gasteiger partial charge in [-0.25, -0.2) is 9.97 Å². The molecule has 2 heterocycles. The molecule has 10 heteroatoms. The molecule has 1 aliphatic rings. The Morgan fingerprint density at radius 1 is 1.29 bits per heavy atom. The van der Waals surface area contributed by atoms with Gasteiger partial charge in [-0.05, 0) is 44.5 Å². The molecule has 3 rings (SSSR count). The summed E-state index contributed by atoms with van der Waals surface area (Å²) in [4.78, 5) is 22.8. The highest BCUT2D eigenvalue weighted by Crippen LogP contribution is 2.25. The van der Waals surface area contributed by atoms with Gasteiger partial charge in [0.2, 0.25) is 17.7 Å². The Hall–Kier alpha value is -3.53. The van der Waals surface area contributed by atoms with Crippen molar-refractivity contribution in [1.82, 2.24) is 20.6 Å². The number of nitrogens with zero attached hydrogens (tertiary/aromatic N) is 3. The van der Waals surface area contributed by atoms with E-state index in [1.165, 1.54) is 6.20 Å². The van der Waals surface area contributed by atoms with Gasteiger partial charge in [0.05, 0.1) is 6.20 Å². The normalized spacial score (nSPS) is 15.5. The maximum absolute atomic E-state index is 12.4. The molecule has 0 unspecified atom stereocenters. The van der Waals surface area contributed by atoms with Crippen molar-refractivity contribution in [3.05, 3.63) is 47.3 Å². The van der Waals surface area contributed by atoms with E-state index < -0.39 is 0 Å². The number of aromatic nitrogens is 2. The average Bonchev–Trinajstić information content (AvgIpc) is 3.25. The number of anilines is 2. The van der Waals surface area contributed by atoms with Gasteiger partial charge in [-0.15, -0.1) is 0 Å². The van der Waals surface area contributed by atoms with Crippen LogP contribution in [0, 0.1) is 10.8 Å². The Labute approximate surface area is 181 Å². The van der Waals surface area contributed by atoms with E-state index in [1.54, 1.807) is 12.1 Å². The Bertz CT molecular complexity index is 960. The summed E-state index contributed by atoms with van der Waals surface area (Å²) >= 11 is 0. The molecule has 0 saturated carbocycles. The van der Waals surface area contributed by atoms with Crippen molar-refractivity contribution in [2.45, 2.75) is 32.4 Å². The first-order valence-electron chi connectivity index (χ1n) is 10.2. The van der Waals surface area contributed by atoms with E-state index in [0.717, 1.165) is 24.9 Å². The standard InChI is InChI=1S/C21H28N8O2/c1-3-26-21(30)15-5-4-10-29(15)16-12-27-18(22)17(28-16)20(24)31-19(23)14-8-6-13(7-9-14)11-25-2/h6-9,12,15,23-25H,3-5,10-11H2,1-2H3,(H2,22,27)(H,26,30)/t15-/m0/s1. The van der Waals surface area contributed by atoms with E-state index in [0.29, 0.717) is 24.5 Å². The maximum atomic E-state index is 12.4. The van der Waals surface area contributed by atoms with Gasteiger partial charge >= 0.3 is 0 Å². The van der Waals surface area contributed by atoms with Crippen molar-refractivity contribution >= 4 is 29.3 Å². The fourth-order valence-corrected chi connectivity index (χ4v) is 3.49. The first-order valence-corrected chi connectivity index (χ1v) is 10.2. The van der Waals surface area contributed by atoms with Crippen molar-refractivity contribution in [3.8, 4) is 0 Å². The number of nitrogens with two attached hydrogens (primary N) is 1. The first-order chi connectivity index (χ1) is 14.9. The van der Waals surface area contributed by atoms with E-state index in [-0.39, 0.29) is 35.3 Å². The van der Waals surface area contributed by atoms with Crippen LogP contribution in [0.25, 0.3) is 0 Å². The fraction of sp³-hybridized carbons (Fsp3) is 0.381. The topological polar surface area (TPSA) is 153 Å². The summed E-state index contributed by atoms with van der Waals surface area (Å²) in [6.45, 7) is 3.80. The summed E-state index contributed by atoms with van der Waals surface area (Å²) in [5.74, 6) is -0.136. The third kappa shape index (κ3) is 5.15. The lowest BCUT2D eigenvalue weighted by Crippen LogP contribution is -2.43. The molecule has 0 radical (unpaired) electrons. The van der Waals surface area contributed by atoms with Crippen LogP contribution in [0.1, 0.15) is 36.6 Å². The second-order valence-corrected chi connectivity index (χ2v) is 7.20. The van der Waals surface area contributed by atoms with Gasteiger partial charge in [0.15, 0.2) is 11.5 Å².